The molecular weight excluding hydrogens is 396 g/mol. The number of amides is 4. The number of imide groups is 2. The van der Waals surface area contributed by atoms with E-state index in [1.165, 1.54) is 4.90 Å². The zero-order valence-electron chi connectivity index (χ0n) is 18.3. The Balaban J connectivity index is 1.35. The molecule has 0 aromatic heterocycles. The zero-order valence-corrected chi connectivity index (χ0v) is 18.3. The predicted octanol–water partition coefficient (Wildman–Crippen LogP) is 0.921. The Morgan fingerprint density at radius 1 is 1.00 bits per heavy atom. The third-order valence-corrected chi connectivity index (χ3v) is 6.97. The van der Waals surface area contributed by atoms with Gasteiger partial charge in [-0.15, -0.1) is 0 Å². The molecule has 0 radical (unpaired) electrons. The van der Waals surface area contributed by atoms with Crippen molar-refractivity contribution in [1.29, 1.82) is 0 Å². The molecule has 2 heterocycles. The van der Waals surface area contributed by atoms with Crippen molar-refractivity contribution in [2.45, 2.75) is 45.6 Å². The quantitative estimate of drug-likeness (QED) is 0.429. The second kappa shape index (κ2) is 8.78. The van der Waals surface area contributed by atoms with E-state index in [-0.39, 0.29) is 24.4 Å². The molecule has 166 valence electrons. The molecule has 31 heavy (non-hydrogen) atoms. The zero-order chi connectivity index (χ0) is 22.1. The largest absolute Gasteiger partial charge is 0.360 e. The number of ketones is 1. The summed E-state index contributed by atoms with van der Waals surface area (Å²) in [6, 6.07) is 6.99. The molecule has 8 nitrogen and oxygen atoms in total. The van der Waals surface area contributed by atoms with Crippen molar-refractivity contribution in [2.75, 3.05) is 37.7 Å². The lowest BCUT2D eigenvalue weighted by molar-refractivity contribution is -0.907. The molecule has 0 bridgehead atoms. The van der Waals surface area contributed by atoms with Gasteiger partial charge in [0.25, 0.3) is 0 Å². The summed E-state index contributed by atoms with van der Waals surface area (Å²) in [6.45, 7) is 6.94. The van der Waals surface area contributed by atoms with Gasteiger partial charge in [-0.3, -0.25) is 19.3 Å². The lowest BCUT2D eigenvalue weighted by atomic mass is 9.85. The summed E-state index contributed by atoms with van der Waals surface area (Å²) < 4.78 is 0. The van der Waals surface area contributed by atoms with E-state index in [0.29, 0.717) is 5.56 Å². The number of carbonyl (C=O) groups is 4. The molecule has 2 saturated heterocycles. The van der Waals surface area contributed by atoms with Crippen molar-refractivity contribution in [3.63, 3.8) is 0 Å². The lowest BCUT2D eigenvalue weighted by Gasteiger charge is -2.35. The van der Waals surface area contributed by atoms with Crippen LogP contribution >= 0.6 is 0 Å². The van der Waals surface area contributed by atoms with Crippen LogP contribution in [0.3, 0.4) is 0 Å². The molecule has 2 atom stereocenters. The number of rotatable bonds is 5. The lowest BCUT2D eigenvalue weighted by Crippen LogP contribution is -3.16. The SMILES string of the molecule is CC(=O)c1ccc(N2CC[NH+](CN3C(=O)C(=O)N([C@H]4CCCC[C@H]4C)C3=O)CC2)cc1. The van der Waals surface area contributed by atoms with Gasteiger partial charge in [-0.25, -0.2) is 9.69 Å². The summed E-state index contributed by atoms with van der Waals surface area (Å²) in [5.74, 6) is -1.06. The van der Waals surface area contributed by atoms with Crippen molar-refractivity contribution in [3.05, 3.63) is 29.8 Å². The Morgan fingerprint density at radius 3 is 2.26 bits per heavy atom. The molecule has 2 aliphatic heterocycles. The molecule has 3 fully saturated rings. The molecular formula is C23H31N4O4+. The third-order valence-electron chi connectivity index (χ3n) is 6.97. The second-order valence-electron chi connectivity index (χ2n) is 9.02. The number of Topliss-reactive ketones (excluding diaryl/α,β-unsaturated/α-hetero) is 1. The first kappa shape index (κ1) is 21.5. The standard InChI is InChI=1S/C23H30N4O4/c1-16-5-3-4-6-20(16)27-22(30)21(29)26(23(27)31)15-24-11-13-25(14-12-24)19-9-7-18(8-10-19)17(2)28/h7-10,16,20H,3-6,11-15H2,1-2H3/p+1/t16-,20+/m1/s1. The number of benzene rings is 1. The highest BCUT2D eigenvalue weighted by Crippen LogP contribution is 2.31. The monoisotopic (exact) mass is 427 g/mol. The average molecular weight is 428 g/mol. The van der Waals surface area contributed by atoms with E-state index in [9.17, 15) is 19.2 Å². The van der Waals surface area contributed by atoms with Crippen molar-refractivity contribution in [3.8, 4) is 0 Å². The van der Waals surface area contributed by atoms with E-state index in [2.05, 4.69) is 11.8 Å². The minimum Gasteiger partial charge on any atom is -0.360 e. The maximum absolute atomic E-state index is 13.0. The van der Waals surface area contributed by atoms with Crippen LogP contribution in [0, 0.1) is 5.92 Å². The summed E-state index contributed by atoms with van der Waals surface area (Å²) in [5.41, 5.74) is 1.76. The maximum Gasteiger partial charge on any atom is 0.338 e. The number of quaternary nitrogens is 1. The number of nitrogens with zero attached hydrogens (tertiary/aromatic N) is 3. The molecule has 1 aliphatic carbocycles. The average Bonchev–Trinajstić information content (AvgIpc) is 2.98. The normalized spacial score (nSPS) is 25.5. The Kier molecular flexibility index (Phi) is 6.09. The van der Waals surface area contributed by atoms with Crippen LogP contribution in [-0.2, 0) is 9.59 Å². The second-order valence-corrected chi connectivity index (χ2v) is 9.02. The Labute approximate surface area is 182 Å². The first-order chi connectivity index (χ1) is 14.9. The molecule has 1 saturated carbocycles. The van der Waals surface area contributed by atoms with E-state index < -0.39 is 17.8 Å². The van der Waals surface area contributed by atoms with Gasteiger partial charge in [0.05, 0.1) is 26.2 Å². The van der Waals surface area contributed by atoms with Crippen LogP contribution in [0.5, 0.6) is 0 Å². The number of anilines is 1. The molecule has 1 aromatic carbocycles. The first-order valence-corrected chi connectivity index (χ1v) is 11.3. The molecule has 1 N–H and O–H groups in total. The fourth-order valence-electron chi connectivity index (χ4n) is 5.00. The van der Waals surface area contributed by atoms with Crippen molar-refractivity contribution in [2.24, 2.45) is 5.92 Å². The minimum absolute atomic E-state index is 0.0481. The summed E-state index contributed by atoms with van der Waals surface area (Å²) in [4.78, 5) is 55.4. The van der Waals surface area contributed by atoms with Gasteiger partial charge in [-0.1, -0.05) is 19.8 Å². The number of carbonyl (C=O) groups excluding carboxylic acids is 4. The highest BCUT2D eigenvalue weighted by molar-refractivity contribution is 6.44. The Morgan fingerprint density at radius 2 is 1.65 bits per heavy atom. The number of hydrogen-bond acceptors (Lipinski definition) is 5. The van der Waals surface area contributed by atoms with E-state index in [0.717, 1.165) is 67.3 Å². The van der Waals surface area contributed by atoms with Gasteiger partial charge in [-0.05, 0) is 49.9 Å². The molecule has 8 heteroatoms. The smallest absolute Gasteiger partial charge is 0.338 e. The van der Waals surface area contributed by atoms with Gasteiger partial charge < -0.3 is 9.80 Å². The highest BCUT2D eigenvalue weighted by atomic mass is 16.2. The first-order valence-electron chi connectivity index (χ1n) is 11.3. The van der Waals surface area contributed by atoms with Gasteiger partial charge in [0, 0.05) is 17.3 Å². The maximum atomic E-state index is 13.0. The fourth-order valence-corrected chi connectivity index (χ4v) is 5.00. The van der Waals surface area contributed by atoms with Crippen LogP contribution in [0.1, 0.15) is 49.9 Å². The summed E-state index contributed by atoms with van der Waals surface area (Å²) in [7, 11) is 0. The fraction of sp³-hybridized carbons (Fsp3) is 0.565. The van der Waals surface area contributed by atoms with E-state index in [4.69, 9.17) is 0 Å². The van der Waals surface area contributed by atoms with E-state index in [1.807, 2.05) is 24.3 Å². The van der Waals surface area contributed by atoms with Crippen molar-refractivity contribution in [1.82, 2.24) is 9.80 Å². The van der Waals surface area contributed by atoms with Crippen LogP contribution in [0.2, 0.25) is 0 Å². The van der Waals surface area contributed by atoms with Gasteiger partial charge >= 0.3 is 17.8 Å². The highest BCUT2D eigenvalue weighted by Gasteiger charge is 2.50. The van der Waals surface area contributed by atoms with Crippen molar-refractivity contribution >= 4 is 29.3 Å². The van der Waals surface area contributed by atoms with Gasteiger partial charge in [0.2, 0.25) is 0 Å². The minimum atomic E-state index is -0.683. The number of urea groups is 1. The number of piperazine rings is 1. The molecule has 4 rings (SSSR count). The summed E-state index contributed by atoms with van der Waals surface area (Å²) >= 11 is 0. The number of nitrogens with one attached hydrogen (secondary N) is 1. The number of hydrogen-bond donors (Lipinski definition) is 1. The molecule has 4 amide bonds. The topological polar surface area (TPSA) is 82.4 Å². The molecule has 0 spiro atoms. The Bertz CT molecular complexity index is 876. The van der Waals surface area contributed by atoms with Crippen molar-refractivity contribution < 1.29 is 24.1 Å². The van der Waals surface area contributed by atoms with E-state index >= 15 is 0 Å². The molecule has 0 unspecified atom stereocenters. The van der Waals surface area contributed by atoms with Gasteiger partial charge in [-0.2, -0.15) is 0 Å². The van der Waals surface area contributed by atoms with Crippen LogP contribution < -0.4 is 9.80 Å². The van der Waals surface area contributed by atoms with Crippen LogP contribution in [0.15, 0.2) is 24.3 Å². The summed E-state index contributed by atoms with van der Waals surface area (Å²) in [6.07, 6.45) is 3.86. The van der Waals surface area contributed by atoms with Crippen LogP contribution in [0.25, 0.3) is 0 Å². The third kappa shape index (κ3) is 4.21. The van der Waals surface area contributed by atoms with E-state index in [1.54, 1.807) is 6.92 Å². The van der Waals surface area contributed by atoms with Crippen LogP contribution in [-0.4, -0.2) is 72.3 Å². The summed E-state index contributed by atoms with van der Waals surface area (Å²) in [5, 5.41) is 0. The van der Waals surface area contributed by atoms with Gasteiger partial charge in [0.1, 0.15) is 0 Å². The van der Waals surface area contributed by atoms with Crippen LogP contribution in [0.4, 0.5) is 10.5 Å². The Hall–Kier alpha value is -2.74. The predicted molar refractivity (Wildman–Crippen MR) is 115 cm³/mol. The molecule has 1 aromatic rings. The van der Waals surface area contributed by atoms with Gasteiger partial charge in [0.15, 0.2) is 12.5 Å². The molecule has 3 aliphatic rings.